The van der Waals surface area contributed by atoms with Gasteiger partial charge in [0.1, 0.15) is 5.65 Å². The van der Waals surface area contributed by atoms with E-state index < -0.39 is 0 Å². The molecule has 2 N–H and O–H groups in total. The Morgan fingerprint density at radius 3 is 2.73 bits per heavy atom. The summed E-state index contributed by atoms with van der Waals surface area (Å²) >= 11 is 6.03. The quantitative estimate of drug-likeness (QED) is 0.773. The van der Waals surface area contributed by atoms with Gasteiger partial charge >= 0.3 is 0 Å². The van der Waals surface area contributed by atoms with Crippen molar-refractivity contribution < 1.29 is 0 Å². The van der Waals surface area contributed by atoms with E-state index in [-0.39, 0.29) is 0 Å². The van der Waals surface area contributed by atoms with Crippen molar-refractivity contribution in [2.24, 2.45) is 0 Å². The second-order valence-corrected chi connectivity index (χ2v) is 6.16. The van der Waals surface area contributed by atoms with Crippen LogP contribution in [0.4, 0.5) is 5.95 Å². The first-order chi connectivity index (χ1) is 10.8. The van der Waals surface area contributed by atoms with Crippen LogP contribution >= 0.6 is 11.6 Å². The predicted octanol–water partition coefficient (Wildman–Crippen LogP) is 3.56. The number of H-pyrrole nitrogens is 1. The van der Waals surface area contributed by atoms with Gasteiger partial charge in [0.2, 0.25) is 5.95 Å². The van der Waals surface area contributed by atoms with Gasteiger partial charge in [-0.3, -0.25) is 0 Å². The van der Waals surface area contributed by atoms with Gasteiger partial charge < -0.3 is 10.3 Å². The van der Waals surface area contributed by atoms with E-state index in [0.29, 0.717) is 11.1 Å². The molecule has 1 fully saturated rings. The van der Waals surface area contributed by atoms with Crippen molar-refractivity contribution in [3.63, 3.8) is 0 Å². The van der Waals surface area contributed by atoms with E-state index in [0.717, 1.165) is 34.5 Å². The first-order valence-corrected chi connectivity index (χ1v) is 7.85. The van der Waals surface area contributed by atoms with Crippen molar-refractivity contribution in [2.45, 2.75) is 31.7 Å². The third kappa shape index (κ3) is 2.64. The highest BCUT2D eigenvalue weighted by atomic mass is 35.5. The highest BCUT2D eigenvalue weighted by Gasteiger charge is 2.17. The fourth-order valence-electron chi connectivity index (χ4n) is 2.65. The summed E-state index contributed by atoms with van der Waals surface area (Å²) in [6.45, 7) is 0. The SMILES string of the molecule is Clc1cnc2[nH]cc(Cc3cnc(NC4CCC4)nc3)c2c1. The Labute approximate surface area is 133 Å². The van der Waals surface area contributed by atoms with Crippen LogP contribution in [0.3, 0.4) is 0 Å². The van der Waals surface area contributed by atoms with Crippen LogP contribution in [0.2, 0.25) is 5.02 Å². The second kappa shape index (κ2) is 5.57. The van der Waals surface area contributed by atoms with Crippen LogP contribution in [0.25, 0.3) is 11.0 Å². The van der Waals surface area contributed by atoms with Crippen LogP contribution in [0.1, 0.15) is 30.4 Å². The lowest BCUT2D eigenvalue weighted by Gasteiger charge is -2.26. The summed E-state index contributed by atoms with van der Waals surface area (Å²) in [4.78, 5) is 16.3. The number of pyridine rings is 1. The molecule has 1 aliphatic carbocycles. The van der Waals surface area contributed by atoms with Crippen molar-refractivity contribution >= 4 is 28.6 Å². The topological polar surface area (TPSA) is 66.5 Å². The number of fused-ring (bicyclic) bond motifs is 1. The number of anilines is 1. The molecule has 3 aromatic heterocycles. The van der Waals surface area contributed by atoms with Gasteiger partial charge in [-0.2, -0.15) is 0 Å². The van der Waals surface area contributed by atoms with Crippen LogP contribution in [-0.4, -0.2) is 26.0 Å². The van der Waals surface area contributed by atoms with E-state index in [1.807, 2.05) is 24.7 Å². The number of nitrogens with zero attached hydrogens (tertiary/aromatic N) is 3. The fourth-order valence-corrected chi connectivity index (χ4v) is 2.81. The first kappa shape index (κ1) is 13.5. The largest absolute Gasteiger partial charge is 0.351 e. The zero-order chi connectivity index (χ0) is 14.9. The van der Waals surface area contributed by atoms with E-state index in [4.69, 9.17) is 11.6 Å². The number of hydrogen-bond donors (Lipinski definition) is 2. The highest BCUT2D eigenvalue weighted by molar-refractivity contribution is 6.31. The van der Waals surface area contributed by atoms with Crippen LogP contribution < -0.4 is 5.32 Å². The summed E-state index contributed by atoms with van der Waals surface area (Å²) < 4.78 is 0. The van der Waals surface area contributed by atoms with Crippen LogP contribution in [-0.2, 0) is 6.42 Å². The lowest BCUT2D eigenvalue weighted by Crippen LogP contribution is -2.27. The molecule has 0 aromatic carbocycles. The van der Waals surface area contributed by atoms with Gasteiger partial charge in [0.25, 0.3) is 0 Å². The van der Waals surface area contributed by atoms with Crippen LogP contribution in [0.5, 0.6) is 0 Å². The Hall–Kier alpha value is -2.14. The zero-order valence-corrected chi connectivity index (χ0v) is 12.8. The number of aromatic amines is 1. The molecule has 0 aliphatic heterocycles. The summed E-state index contributed by atoms with van der Waals surface area (Å²) in [5, 5.41) is 5.03. The summed E-state index contributed by atoms with van der Waals surface area (Å²) in [6.07, 6.45) is 11.9. The van der Waals surface area contributed by atoms with Gasteiger partial charge in [0.15, 0.2) is 0 Å². The second-order valence-electron chi connectivity index (χ2n) is 5.73. The van der Waals surface area contributed by atoms with E-state index in [9.17, 15) is 0 Å². The van der Waals surface area contributed by atoms with Crippen LogP contribution in [0.15, 0.2) is 30.9 Å². The highest BCUT2D eigenvalue weighted by Crippen LogP contribution is 2.23. The molecule has 3 aromatic rings. The van der Waals surface area contributed by atoms with Gasteiger partial charge in [0, 0.05) is 42.6 Å². The molecule has 6 heteroatoms. The Bertz CT molecular complexity index is 792. The summed E-state index contributed by atoms with van der Waals surface area (Å²) in [5.74, 6) is 0.720. The lowest BCUT2D eigenvalue weighted by atomic mass is 9.93. The zero-order valence-electron chi connectivity index (χ0n) is 12.0. The molecule has 0 spiro atoms. The molecule has 0 unspecified atom stereocenters. The van der Waals surface area contributed by atoms with Crippen molar-refractivity contribution in [1.82, 2.24) is 19.9 Å². The standard InChI is InChI=1S/C16H16ClN5/c17-12-5-14-11(8-18-15(14)19-9-12)4-10-6-20-16(21-7-10)22-13-2-1-3-13/h5-9,13H,1-4H2,(H,18,19)(H,20,21,22). The van der Waals surface area contributed by atoms with E-state index in [1.165, 1.54) is 19.3 Å². The average molecular weight is 314 g/mol. The Balaban J connectivity index is 1.53. The van der Waals surface area contributed by atoms with Gasteiger partial charge in [-0.15, -0.1) is 0 Å². The van der Waals surface area contributed by atoms with Gasteiger partial charge in [-0.25, -0.2) is 15.0 Å². The third-order valence-electron chi connectivity index (χ3n) is 4.12. The normalized spacial score (nSPS) is 15.0. The summed E-state index contributed by atoms with van der Waals surface area (Å²) in [7, 11) is 0. The number of rotatable bonds is 4. The molecule has 112 valence electrons. The van der Waals surface area contributed by atoms with Crippen molar-refractivity contribution in [3.8, 4) is 0 Å². The Morgan fingerprint density at radius 1 is 1.18 bits per heavy atom. The molecule has 0 atom stereocenters. The number of aromatic nitrogens is 4. The molecule has 5 nitrogen and oxygen atoms in total. The molecule has 1 saturated carbocycles. The van der Waals surface area contributed by atoms with E-state index in [1.54, 1.807) is 6.20 Å². The molecule has 3 heterocycles. The third-order valence-corrected chi connectivity index (χ3v) is 4.33. The van der Waals surface area contributed by atoms with Crippen molar-refractivity contribution in [3.05, 3.63) is 47.0 Å². The first-order valence-electron chi connectivity index (χ1n) is 7.47. The van der Waals surface area contributed by atoms with Gasteiger partial charge in [-0.1, -0.05) is 11.6 Å². The van der Waals surface area contributed by atoms with Crippen molar-refractivity contribution in [1.29, 1.82) is 0 Å². The van der Waals surface area contributed by atoms with Crippen LogP contribution in [0, 0.1) is 0 Å². The predicted molar refractivity (Wildman–Crippen MR) is 87.2 cm³/mol. The van der Waals surface area contributed by atoms with Gasteiger partial charge in [-0.05, 0) is 36.5 Å². The monoisotopic (exact) mass is 313 g/mol. The van der Waals surface area contributed by atoms with Gasteiger partial charge in [0.05, 0.1) is 5.02 Å². The summed E-state index contributed by atoms with van der Waals surface area (Å²) in [5.41, 5.74) is 3.07. The molecule has 1 aliphatic rings. The van der Waals surface area contributed by atoms with E-state index >= 15 is 0 Å². The minimum atomic E-state index is 0.549. The number of nitrogens with one attached hydrogen (secondary N) is 2. The van der Waals surface area contributed by atoms with Crippen molar-refractivity contribution in [2.75, 3.05) is 5.32 Å². The van der Waals surface area contributed by atoms with E-state index in [2.05, 4.69) is 25.3 Å². The molecule has 22 heavy (non-hydrogen) atoms. The molecule has 4 rings (SSSR count). The molecule has 0 amide bonds. The number of hydrogen-bond acceptors (Lipinski definition) is 4. The fraction of sp³-hybridized carbons (Fsp3) is 0.312. The maximum absolute atomic E-state index is 6.03. The smallest absolute Gasteiger partial charge is 0.222 e. The minimum absolute atomic E-state index is 0.549. The maximum atomic E-state index is 6.03. The molecule has 0 saturated heterocycles. The maximum Gasteiger partial charge on any atom is 0.222 e. The summed E-state index contributed by atoms with van der Waals surface area (Å²) in [6, 6.07) is 2.48. The molecule has 0 bridgehead atoms. The minimum Gasteiger partial charge on any atom is -0.351 e. The lowest BCUT2D eigenvalue weighted by molar-refractivity contribution is 0.443. The number of halogens is 1. The average Bonchev–Trinajstić information content (AvgIpc) is 2.87. The molecular formula is C16H16ClN5. The molecular weight excluding hydrogens is 298 g/mol. The molecule has 0 radical (unpaired) electrons. The Kier molecular flexibility index (Phi) is 3.42. The Morgan fingerprint density at radius 2 is 2.00 bits per heavy atom.